The van der Waals surface area contributed by atoms with Crippen molar-refractivity contribution >= 4 is 44.4 Å². The van der Waals surface area contributed by atoms with Gasteiger partial charge in [0.25, 0.3) is 0 Å². The van der Waals surface area contributed by atoms with Crippen LogP contribution in [0.15, 0.2) is 52.5 Å². The standard InChI is InChI=1S/C18H20N4O3S2/c1-3-22-16-9-8-13(27(19,24)25)10-15(16)21-18(22)26-11-17(23)20-14-7-5-4-6-12(14)2/h4-10H,3,11H2,1-2H3,(H,20,23)(H2,19,24,25). The van der Waals surface area contributed by atoms with Crippen LogP contribution < -0.4 is 10.5 Å². The van der Waals surface area contributed by atoms with Gasteiger partial charge < -0.3 is 9.88 Å². The molecule has 0 saturated carbocycles. The molecule has 0 atom stereocenters. The van der Waals surface area contributed by atoms with Gasteiger partial charge in [0.05, 0.1) is 21.7 Å². The summed E-state index contributed by atoms with van der Waals surface area (Å²) in [6.07, 6.45) is 0. The van der Waals surface area contributed by atoms with E-state index < -0.39 is 10.0 Å². The van der Waals surface area contributed by atoms with Gasteiger partial charge in [-0.1, -0.05) is 30.0 Å². The number of fused-ring (bicyclic) bond motifs is 1. The number of nitrogens with zero attached hydrogens (tertiary/aromatic N) is 2. The number of rotatable bonds is 6. The predicted molar refractivity (Wildman–Crippen MR) is 107 cm³/mol. The summed E-state index contributed by atoms with van der Waals surface area (Å²) in [6, 6.07) is 12.2. The first-order valence-corrected chi connectivity index (χ1v) is 10.8. The van der Waals surface area contributed by atoms with Crippen LogP contribution in [0.5, 0.6) is 0 Å². The van der Waals surface area contributed by atoms with Crippen LogP contribution in [0.4, 0.5) is 5.69 Å². The second-order valence-corrected chi connectivity index (χ2v) is 8.49. The summed E-state index contributed by atoms with van der Waals surface area (Å²) in [5.41, 5.74) is 3.11. The zero-order chi connectivity index (χ0) is 19.6. The molecule has 27 heavy (non-hydrogen) atoms. The number of primary sulfonamides is 1. The minimum atomic E-state index is -3.79. The van der Waals surface area contributed by atoms with Gasteiger partial charge in [-0.05, 0) is 43.7 Å². The molecule has 3 rings (SSSR count). The minimum Gasteiger partial charge on any atom is -0.325 e. The maximum Gasteiger partial charge on any atom is 0.238 e. The average molecular weight is 405 g/mol. The van der Waals surface area contributed by atoms with Crippen molar-refractivity contribution in [1.82, 2.24) is 9.55 Å². The third kappa shape index (κ3) is 4.32. The molecule has 0 spiro atoms. The number of aryl methyl sites for hydroxylation is 2. The smallest absolute Gasteiger partial charge is 0.238 e. The van der Waals surface area contributed by atoms with Gasteiger partial charge >= 0.3 is 0 Å². The highest BCUT2D eigenvalue weighted by molar-refractivity contribution is 7.99. The molecule has 0 aliphatic carbocycles. The maximum absolute atomic E-state index is 12.3. The van der Waals surface area contributed by atoms with E-state index in [1.54, 1.807) is 6.07 Å². The molecule has 3 N–H and O–H groups in total. The second kappa shape index (κ2) is 7.71. The molecule has 7 nitrogen and oxygen atoms in total. The fraction of sp³-hybridized carbons (Fsp3) is 0.222. The van der Waals surface area contributed by atoms with E-state index in [9.17, 15) is 13.2 Å². The van der Waals surface area contributed by atoms with Crippen LogP contribution >= 0.6 is 11.8 Å². The van der Waals surface area contributed by atoms with Crippen LogP contribution in [-0.2, 0) is 21.4 Å². The third-order valence-corrected chi connectivity index (χ3v) is 5.97. The minimum absolute atomic E-state index is 0.0181. The van der Waals surface area contributed by atoms with E-state index in [1.807, 2.05) is 42.7 Å². The molecule has 0 saturated heterocycles. The molecule has 1 heterocycles. The van der Waals surface area contributed by atoms with Crippen LogP contribution in [0.1, 0.15) is 12.5 Å². The van der Waals surface area contributed by atoms with Crippen LogP contribution in [0, 0.1) is 6.92 Å². The number of amides is 1. The molecule has 2 aromatic carbocycles. The van der Waals surface area contributed by atoms with Crippen LogP contribution in [0.3, 0.4) is 0 Å². The molecular formula is C18H20N4O3S2. The van der Waals surface area contributed by atoms with Gasteiger partial charge in [-0.2, -0.15) is 0 Å². The molecule has 0 aliphatic heterocycles. The van der Waals surface area contributed by atoms with E-state index in [2.05, 4.69) is 10.3 Å². The molecule has 1 aromatic heterocycles. The van der Waals surface area contributed by atoms with E-state index in [0.29, 0.717) is 17.2 Å². The fourth-order valence-corrected chi connectivity index (χ4v) is 4.12. The summed E-state index contributed by atoms with van der Waals surface area (Å²) in [7, 11) is -3.79. The second-order valence-electron chi connectivity index (χ2n) is 5.99. The molecule has 9 heteroatoms. The van der Waals surface area contributed by atoms with E-state index >= 15 is 0 Å². The summed E-state index contributed by atoms with van der Waals surface area (Å²) in [4.78, 5) is 16.8. The SMILES string of the molecule is CCn1c(SCC(=O)Nc2ccccc2C)nc2cc(S(N)(=O)=O)ccc21. The Morgan fingerprint density at radius 3 is 2.67 bits per heavy atom. The quantitative estimate of drug-likeness (QED) is 0.614. The summed E-state index contributed by atoms with van der Waals surface area (Å²) in [6.45, 7) is 4.54. The number of para-hydroxylation sites is 1. The van der Waals surface area contributed by atoms with Crippen LogP contribution in [0.25, 0.3) is 11.0 Å². The lowest BCUT2D eigenvalue weighted by Crippen LogP contribution is -2.15. The number of hydrogen-bond acceptors (Lipinski definition) is 5. The van der Waals surface area contributed by atoms with Crippen molar-refractivity contribution in [2.45, 2.75) is 30.4 Å². The molecule has 0 unspecified atom stereocenters. The first-order valence-electron chi connectivity index (χ1n) is 8.31. The van der Waals surface area contributed by atoms with Gasteiger partial charge in [0.15, 0.2) is 5.16 Å². The van der Waals surface area contributed by atoms with E-state index in [-0.39, 0.29) is 16.6 Å². The highest BCUT2D eigenvalue weighted by Crippen LogP contribution is 2.26. The van der Waals surface area contributed by atoms with Crippen LogP contribution in [-0.4, -0.2) is 29.6 Å². The molecule has 0 bridgehead atoms. The lowest BCUT2D eigenvalue weighted by atomic mass is 10.2. The molecule has 0 radical (unpaired) electrons. The molecule has 0 aliphatic rings. The van der Waals surface area contributed by atoms with Gasteiger partial charge in [-0.3, -0.25) is 4.79 Å². The Kier molecular flexibility index (Phi) is 5.54. The molecule has 3 aromatic rings. The number of hydrogen-bond donors (Lipinski definition) is 2. The Hall–Kier alpha value is -2.36. The zero-order valence-electron chi connectivity index (χ0n) is 15.0. The number of carbonyl (C=O) groups excluding carboxylic acids is 1. The van der Waals surface area contributed by atoms with Crippen molar-refractivity contribution in [1.29, 1.82) is 0 Å². The Morgan fingerprint density at radius 1 is 1.26 bits per heavy atom. The number of thioether (sulfide) groups is 1. The highest BCUT2D eigenvalue weighted by Gasteiger charge is 2.15. The first-order chi connectivity index (χ1) is 12.8. The Labute approximate surface area is 162 Å². The number of carbonyl (C=O) groups is 1. The monoisotopic (exact) mass is 404 g/mol. The summed E-state index contributed by atoms with van der Waals surface area (Å²) < 4.78 is 25.0. The van der Waals surface area contributed by atoms with Crippen molar-refractivity contribution < 1.29 is 13.2 Å². The number of anilines is 1. The van der Waals surface area contributed by atoms with E-state index in [0.717, 1.165) is 16.8 Å². The lowest BCUT2D eigenvalue weighted by molar-refractivity contribution is -0.113. The molecular weight excluding hydrogens is 384 g/mol. The van der Waals surface area contributed by atoms with Gasteiger partial charge in [-0.15, -0.1) is 0 Å². The van der Waals surface area contributed by atoms with Crippen LogP contribution in [0.2, 0.25) is 0 Å². The van der Waals surface area contributed by atoms with E-state index in [1.165, 1.54) is 23.9 Å². The Bertz CT molecular complexity index is 1110. The van der Waals surface area contributed by atoms with Gasteiger partial charge in [0.2, 0.25) is 15.9 Å². The van der Waals surface area contributed by atoms with Crippen molar-refractivity contribution in [2.75, 3.05) is 11.1 Å². The largest absolute Gasteiger partial charge is 0.325 e. The number of imidazole rings is 1. The summed E-state index contributed by atoms with van der Waals surface area (Å²) >= 11 is 1.30. The fourth-order valence-electron chi connectivity index (χ4n) is 2.71. The Balaban J connectivity index is 1.80. The molecule has 1 amide bonds. The van der Waals surface area contributed by atoms with Gasteiger partial charge in [0, 0.05) is 12.2 Å². The zero-order valence-corrected chi connectivity index (χ0v) is 16.6. The predicted octanol–water partition coefficient (Wildman–Crippen LogP) is 2.74. The first kappa shape index (κ1) is 19.4. The number of nitrogens with one attached hydrogen (secondary N) is 1. The normalized spacial score (nSPS) is 11.7. The van der Waals surface area contributed by atoms with Crippen molar-refractivity contribution in [3.63, 3.8) is 0 Å². The summed E-state index contributed by atoms with van der Waals surface area (Å²) in [5, 5.41) is 8.73. The van der Waals surface area contributed by atoms with Crippen molar-refractivity contribution in [3.8, 4) is 0 Å². The van der Waals surface area contributed by atoms with E-state index in [4.69, 9.17) is 5.14 Å². The number of aromatic nitrogens is 2. The number of benzene rings is 2. The topological polar surface area (TPSA) is 107 Å². The summed E-state index contributed by atoms with van der Waals surface area (Å²) in [5.74, 6) is 0.0638. The highest BCUT2D eigenvalue weighted by atomic mass is 32.2. The third-order valence-electron chi connectivity index (χ3n) is 4.08. The maximum atomic E-state index is 12.3. The number of sulfonamides is 1. The van der Waals surface area contributed by atoms with Gasteiger partial charge in [-0.25, -0.2) is 18.5 Å². The number of nitrogens with two attached hydrogens (primary N) is 1. The van der Waals surface area contributed by atoms with Crippen molar-refractivity contribution in [2.24, 2.45) is 5.14 Å². The van der Waals surface area contributed by atoms with Crippen molar-refractivity contribution in [3.05, 3.63) is 48.0 Å². The Morgan fingerprint density at radius 2 is 2.00 bits per heavy atom. The molecule has 142 valence electrons. The lowest BCUT2D eigenvalue weighted by Gasteiger charge is -2.08. The van der Waals surface area contributed by atoms with Gasteiger partial charge in [0.1, 0.15) is 0 Å². The molecule has 0 fully saturated rings. The average Bonchev–Trinajstić information content (AvgIpc) is 2.98.